The SMILES string of the molecule is CCc1ccc(C(=O)C(C)OC(=O)c2cccc(OC)c2O)cc1. The number of esters is 1. The Balaban J connectivity index is 2.12. The number of hydrogen-bond acceptors (Lipinski definition) is 5. The molecule has 0 fully saturated rings. The van der Waals surface area contributed by atoms with Crippen LogP contribution in [0.5, 0.6) is 11.5 Å². The van der Waals surface area contributed by atoms with Crippen LogP contribution < -0.4 is 4.74 Å². The lowest BCUT2D eigenvalue weighted by Gasteiger charge is -2.14. The number of aromatic hydroxyl groups is 1. The molecule has 0 saturated heterocycles. The smallest absolute Gasteiger partial charge is 0.342 e. The second kappa shape index (κ2) is 7.64. The van der Waals surface area contributed by atoms with E-state index in [1.54, 1.807) is 18.2 Å². The number of ketones is 1. The molecule has 0 aliphatic heterocycles. The van der Waals surface area contributed by atoms with E-state index in [1.165, 1.54) is 26.2 Å². The Labute approximate surface area is 140 Å². The van der Waals surface area contributed by atoms with Gasteiger partial charge in [-0.2, -0.15) is 0 Å². The van der Waals surface area contributed by atoms with Crippen molar-refractivity contribution in [1.29, 1.82) is 0 Å². The first-order chi connectivity index (χ1) is 11.5. The number of para-hydroxylation sites is 1. The number of benzene rings is 2. The summed E-state index contributed by atoms with van der Waals surface area (Å²) in [5.41, 5.74) is 1.55. The molecular weight excluding hydrogens is 308 g/mol. The number of phenols is 1. The molecule has 5 heteroatoms. The number of Topliss-reactive ketones (excluding diaryl/α,β-unsaturated/α-hetero) is 1. The monoisotopic (exact) mass is 328 g/mol. The summed E-state index contributed by atoms with van der Waals surface area (Å²) in [7, 11) is 1.39. The zero-order valence-electron chi connectivity index (χ0n) is 13.9. The average molecular weight is 328 g/mol. The van der Waals surface area contributed by atoms with Gasteiger partial charge in [-0.05, 0) is 31.0 Å². The van der Waals surface area contributed by atoms with E-state index in [9.17, 15) is 14.7 Å². The van der Waals surface area contributed by atoms with E-state index in [1.807, 2.05) is 19.1 Å². The van der Waals surface area contributed by atoms with Crippen molar-refractivity contribution in [3.05, 3.63) is 59.2 Å². The van der Waals surface area contributed by atoms with E-state index < -0.39 is 12.1 Å². The van der Waals surface area contributed by atoms with Crippen molar-refractivity contribution < 1.29 is 24.2 Å². The van der Waals surface area contributed by atoms with Crippen molar-refractivity contribution in [3.63, 3.8) is 0 Å². The molecule has 0 aromatic heterocycles. The third kappa shape index (κ3) is 3.74. The molecule has 1 atom stereocenters. The summed E-state index contributed by atoms with van der Waals surface area (Å²) in [6.07, 6.45) is -0.0794. The van der Waals surface area contributed by atoms with E-state index in [0.29, 0.717) is 5.56 Å². The van der Waals surface area contributed by atoms with Gasteiger partial charge in [-0.3, -0.25) is 4.79 Å². The van der Waals surface area contributed by atoms with E-state index in [-0.39, 0.29) is 22.8 Å². The van der Waals surface area contributed by atoms with Crippen LogP contribution in [-0.2, 0) is 11.2 Å². The topological polar surface area (TPSA) is 72.8 Å². The summed E-state index contributed by atoms with van der Waals surface area (Å²) in [6.45, 7) is 3.53. The van der Waals surface area contributed by atoms with Crippen LogP contribution in [-0.4, -0.2) is 30.1 Å². The highest BCUT2D eigenvalue weighted by atomic mass is 16.5. The molecule has 2 aromatic rings. The molecule has 2 rings (SSSR count). The minimum atomic E-state index is -0.962. The van der Waals surface area contributed by atoms with Crippen LogP contribution in [0, 0.1) is 0 Å². The maximum Gasteiger partial charge on any atom is 0.342 e. The van der Waals surface area contributed by atoms with Crippen molar-refractivity contribution in [2.75, 3.05) is 7.11 Å². The number of carbonyl (C=O) groups excluding carboxylic acids is 2. The molecule has 1 N–H and O–H groups in total. The van der Waals surface area contributed by atoms with E-state index in [4.69, 9.17) is 9.47 Å². The molecule has 0 aliphatic rings. The van der Waals surface area contributed by atoms with Crippen molar-refractivity contribution in [2.24, 2.45) is 0 Å². The molecule has 5 nitrogen and oxygen atoms in total. The predicted molar refractivity (Wildman–Crippen MR) is 89.7 cm³/mol. The van der Waals surface area contributed by atoms with Crippen LogP contribution in [0.4, 0.5) is 0 Å². The van der Waals surface area contributed by atoms with Crippen LogP contribution in [0.25, 0.3) is 0 Å². The second-order valence-electron chi connectivity index (χ2n) is 5.32. The van der Waals surface area contributed by atoms with Crippen molar-refractivity contribution in [1.82, 2.24) is 0 Å². The van der Waals surface area contributed by atoms with E-state index >= 15 is 0 Å². The molecule has 126 valence electrons. The Morgan fingerprint density at radius 3 is 2.38 bits per heavy atom. The summed E-state index contributed by atoms with van der Waals surface area (Å²) in [5.74, 6) is -1.22. The first-order valence-corrected chi connectivity index (χ1v) is 7.68. The first-order valence-electron chi connectivity index (χ1n) is 7.68. The van der Waals surface area contributed by atoms with Crippen molar-refractivity contribution >= 4 is 11.8 Å². The third-order valence-corrected chi connectivity index (χ3v) is 3.74. The average Bonchev–Trinajstić information content (AvgIpc) is 2.61. The molecule has 24 heavy (non-hydrogen) atoms. The molecular formula is C19H20O5. The lowest BCUT2D eigenvalue weighted by atomic mass is 10.0. The predicted octanol–water partition coefficient (Wildman–Crippen LogP) is 3.39. The second-order valence-corrected chi connectivity index (χ2v) is 5.32. The Hall–Kier alpha value is -2.82. The van der Waals surface area contributed by atoms with Gasteiger partial charge in [-0.15, -0.1) is 0 Å². The lowest BCUT2D eigenvalue weighted by molar-refractivity contribution is 0.0315. The van der Waals surface area contributed by atoms with Crippen LogP contribution >= 0.6 is 0 Å². The molecule has 0 amide bonds. The third-order valence-electron chi connectivity index (χ3n) is 3.74. The maximum atomic E-state index is 12.4. The zero-order chi connectivity index (χ0) is 17.7. The number of ether oxygens (including phenoxy) is 2. The first kappa shape index (κ1) is 17.5. The number of phenolic OH excluding ortho intramolecular Hbond substituents is 1. The van der Waals surface area contributed by atoms with Crippen molar-refractivity contribution in [2.45, 2.75) is 26.4 Å². The van der Waals surface area contributed by atoms with Gasteiger partial charge >= 0.3 is 5.97 Å². The van der Waals surface area contributed by atoms with Gasteiger partial charge < -0.3 is 14.6 Å². The normalized spacial score (nSPS) is 11.6. The van der Waals surface area contributed by atoms with E-state index in [2.05, 4.69) is 0 Å². The van der Waals surface area contributed by atoms with Crippen LogP contribution in [0.3, 0.4) is 0 Å². The molecule has 0 aliphatic carbocycles. The Morgan fingerprint density at radius 2 is 1.79 bits per heavy atom. The highest BCUT2D eigenvalue weighted by molar-refractivity contribution is 6.02. The molecule has 0 heterocycles. The minimum absolute atomic E-state index is 0.0460. The van der Waals surface area contributed by atoms with Gasteiger partial charge in [-0.25, -0.2) is 4.79 Å². The number of methoxy groups -OCH3 is 1. The highest BCUT2D eigenvalue weighted by Crippen LogP contribution is 2.30. The highest BCUT2D eigenvalue weighted by Gasteiger charge is 2.23. The van der Waals surface area contributed by atoms with Crippen molar-refractivity contribution in [3.8, 4) is 11.5 Å². The summed E-state index contributed by atoms with van der Waals surface area (Å²) >= 11 is 0. The summed E-state index contributed by atoms with van der Waals surface area (Å²) in [6, 6.07) is 11.7. The molecule has 1 unspecified atom stereocenters. The van der Waals surface area contributed by atoms with Gasteiger partial charge in [0.05, 0.1) is 7.11 Å². The Morgan fingerprint density at radius 1 is 1.12 bits per heavy atom. The fourth-order valence-electron chi connectivity index (χ4n) is 2.27. The zero-order valence-corrected chi connectivity index (χ0v) is 13.9. The molecule has 2 aromatic carbocycles. The lowest BCUT2D eigenvalue weighted by Crippen LogP contribution is -2.24. The summed E-state index contributed by atoms with van der Waals surface area (Å²) in [5, 5.41) is 9.97. The number of aryl methyl sites for hydroxylation is 1. The maximum absolute atomic E-state index is 12.4. The van der Waals surface area contributed by atoms with Crippen LogP contribution in [0.2, 0.25) is 0 Å². The molecule has 0 saturated carbocycles. The minimum Gasteiger partial charge on any atom is -0.504 e. The molecule has 0 spiro atoms. The Bertz CT molecular complexity index is 734. The van der Waals surface area contributed by atoms with Crippen LogP contribution in [0.1, 0.15) is 40.1 Å². The number of carbonyl (C=O) groups is 2. The largest absolute Gasteiger partial charge is 0.504 e. The fourth-order valence-corrected chi connectivity index (χ4v) is 2.27. The molecule has 0 radical (unpaired) electrons. The van der Waals surface area contributed by atoms with Gasteiger partial charge in [-0.1, -0.05) is 37.3 Å². The van der Waals surface area contributed by atoms with Gasteiger partial charge in [0.2, 0.25) is 5.78 Å². The fraction of sp³-hybridized carbons (Fsp3) is 0.263. The van der Waals surface area contributed by atoms with Crippen LogP contribution in [0.15, 0.2) is 42.5 Å². The quantitative estimate of drug-likeness (QED) is 0.650. The van der Waals surface area contributed by atoms with E-state index in [0.717, 1.165) is 12.0 Å². The van der Waals surface area contributed by atoms with Gasteiger partial charge in [0.15, 0.2) is 17.6 Å². The van der Waals surface area contributed by atoms with Gasteiger partial charge in [0.25, 0.3) is 0 Å². The number of hydrogen-bond donors (Lipinski definition) is 1. The summed E-state index contributed by atoms with van der Waals surface area (Å²) < 4.78 is 10.1. The van der Waals surface area contributed by atoms with Gasteiger partial charge in [0, 0.05) is 5.56 Å². The number of rotatable bonds is 6. The molecule has 0 bridgehead atoms. The standard InChI is InChI=1S/C19H20O5/c1-4-13-8-10-14(11-9-13)17(20)12(2)24-19(22)15-6-5-7-16(23-3)18(15)21/h5-12,21H,4H2,1-3H3. The Kier molecular flexibility index (Phi) is 5.58. The van der Waals surface area contributed by atoms with Gasteiger partial charge in [0.1, 0.15) is 5.56 Å². The summed E-state index contributed by atoms with van der Waals surface area (Å²) in [4.78, 5) is 24.5.